The number of alkyl halides is 1. The van der Waals surface area contributed by atoms with Gasteiger partial charge in [0.15, 0.2) is 0 Å². The fraction of sp³-hybridized carbons (Fsp3) is 0.368. The molecule has 2 aromatic rings. The van der Waals surface area contributed by atoms with Crippen molar-refractivity contribution >= 4 is 27.5 Å². The number of hydrogen-bond donors (Lipinski definition) is 0. The molecule has 0 bridgehead atoms. The van der Waals surface area contributed by atoms with Crippen LogP contribution >= 0.6 is 27.5 Å². The first-order valence-corrected chi connectivity index (χ1v) is 8.80. The van der Waals surface area contributed by atoms with Gasteiger partial charge in [-0.25, -0.2) is 0 Å². The fourth-order valence-corrected chi connectivity index (χ4v) is 3.22. The van der Waals surface area contributed by atoms with Gasteiger partial charge in [0, 0.05) is 10.4 Å². The van der Waals surface area contributed by atoms with Crippen molar-refractivity contribution in [3.8, 4) is 0 Å². The van der Waals surface area contributed by atoms with Gasteiger partial charge in [-0.1, -0.05) is 66.2 Å². The van der Waals surface area contributed by atoms with Gasteiger partial charge in [-0.05, 0) is 53.5 Å². The van der Waals surface area contributed by atoms with Gasteiger partial charge in [0.25, 0.3) is 0 Å². The maximum absolute atomic E-state index is 6.18. The minimum atomic E-state index is 0.478. The van der Waals surface area contributed by atoms with Crippen LogP contribution in [-0.4, -0.2) is 5.88 Å². The molecule has 21 heavy (non-hydrogen) atoms. The van der Waals surface area contributed by atoms with Gasteiger partial charge in [0.1, 0.15) is 0 Å². The van der Waals surface area contributed by atoms with Crippen LogP contribution in [0.3, 0.4) is 0 Å². The van der Waals surface area contributed by atoms with E-state index in [-0.39, 0.29) is 0 Å². The summed E-state index contributed by atoms with van der Waals surface area (Å²) in [5.41, 5.74) is 4.11. The lowest BCUT2D eigenvalue weighted by molar-refractivity contribution is 0.583. The van der Waals surface area contributed by atoms with E-state index in [0.29, 0.717) is 17.7 Å². The Hall–Kier alpha value is -0.790. The van der Waals surface area contributed by atoms with E-state index in [1.165, 1.54) is 16.7 Å². The molecule has 112 valence electrons. The minimum Gasteiger partial charge on any atom is -0.126 e. The predicted octanol–water partition coefficient (Wildman–Crippen LogP) is 6.21. The quantitative estimate of drug-likeness (QED) is 0.534. The summed E-state index contributed by atoms with van der Waals surface area (Å²) in [6.07, 6.45) is 2.06. The van der Waals surface area contributed by atoms with Crippen LogP contribution in [0.25, 0.3) is 0 Å². The molecule has 1 unspecified atom stereocenters. The zero-order chi connectivity index (χ0) is 15.2. The molecule has 0 aliphatic carbocycles. The van der Waals surface area contributed by atoms with E-state index in [1.54, 1.807) is 0 Å². The molecule has 0 saturated carbocycles. The Bertz CT molecular complexity index is 560. The first kappa shape index (κ1) is 16.6. The summed E-state index contributed by atoms with van der Waals surface area (Å²) < 4.78 is 1.13. The standard InChI is InChI=1S/C19H22BrCl/c1-14(2)18-8-6-15(7-9-18)10-17(13-21)11-16-4-3-5-19(20)12-16/h3-9,12,14,17H,10-11,13H2,1-2H3. The van der Waals surface area contributed by atoms with Crippen LogP contribution in [0.4, 0.5) is 0 Å². The van der Waals surface area contributed by atoms with Crippen molar-refractivity contribution in [1.82, 2.24) is 0 Å². The number of benzene rings is 2. The average Bonchev–Trinajstić information content (AvgIpc) is 2.47. The molecule has 0 nitrogen and oxygen atoms in total. The highest BCUT2D eigenvalue weighted by atomic mass is 79.9. The lowest BCUT2D eigenvalue weighted by Crippen LogP contribution is -2.10. The summed E-state index contributed by atoms with van der Waals surface area (Å²) in [6.45, 7) is 4.45. The van der Waals surface area contributed by atoms with Gasteiger partial charge in [0.2, 0.25) is 0 Å². The summed E-state index contributed by atoms with van der Waals surface area (Å²) in [7, 11) is 0. The van der Waals surface area contributed by atoms with Gasteiger partial charge in [-0.3, -0.25) is 0 Å². The summed E-state index contributed by atoms with van der Waals surface area (Å²) in [5, 5.41) is 0. The molecular formula is C19H22BrCl. The maximum Gasteiger partial charge on any atom is 0.0258 e. The second-order valence-corrected chi connectivity index (χ2v) is 7.18. The van der Waals surface area contributed by atoms with Crippen LogP contribution in [0.15, 0.2) is 53.0 Å². The Morgan fingerprint density at radius 2 is 1.62 bits per heavy atom. The lowest BCUT2D eigenvalue weighted by Gasteiger charge is -2.15. The highest BCUT2D eigenvalue weighted by molar-refractivity contribution is 9.10. The largest absolute Gasteiger partial charge is 0.126 e. The van der Waals surface area contributed by atoms with Crippen molar-refractivity contribution < 1.29 is 0 Å². The third-order valence-electron chi connectivity index (χ3n) is 3.80. The molecule has 0 heterocycles. The summed E-state index contributed by atoms with van der Waals surface area (Å²) in [5.74, 6) is 1.76. The minimum absolute atomic E-state index is 0.478. The molecule has 0 amide bonds. The summed E-state index contributed by atoms with van der Waals surface area (Å²) in [6, 6.07) is 17.5. The molecule has 0 aliphatic heterocycles. The molecule has 1 atom stereocenters. The Balaban J connectivity index is 2.01. The van der Waals surface area contributed by atoms with Gasteiger partial charge in [0.05, 0.1) is 0 Å². The molecule has 2 heteroatoms. The topological polar surface area (TPSA) is 0 Å². The van der Waals surface area contributed by atoms with Crippen LogP contribution in [0.5, 0.6) is 0 Å². The second-order valence-electron chi connectivity index (χ2n) is 5.95. The monoisotopic (exact) mass is 364 g/mol. The summed E-state index contributed by atoms with van der Waals surface area (Å²) >= 11 is 9.71. The highest BCUT2D eigenvalue weighted by Gasteiger charge is 2.10. The molecule has 0 N–H and O–H groups in total. The van der Waals surface area contributed by atoms with Crippen LogP contribution in [0, 0.1) is 5.92 Å². The third-order valence-corrected chi connectivity index (χ3v) is 4.73. The molecule has 0 spiro atoms. The van der Waals surface area contributed by atoms with E-state index >= 15 is 0 Å². The van der Waals surface area contributed by atoms with Crippen molar-refractivity contribution in [2.45, 2.75) is 32.6 Å². The predicted molar refractivity (Wildman–Crippen MR) is 96.3 cm³/mol. The van der Waals surface area contributed by atoms with Crippen molar-refractivity contribution in [3.63, 3.8) is 0 Å². The van der Waals surface area contributed by atoms with Gasteiger partial charge < -0.3 is 0 Å². The zero-order valence-electron chi connectivity index (χ0n) is 12.7. The van der Waals surface area contributed by atoms with Gasteiger partial charge >= 0.3 is 0 Å². The molecule has 0 aromatic heterocycles. The molecule has 0 fully saturated rings. The molecule has 0 radical (unpaired) electrons. The van der Waals surface area contributed by atoms with E-state index in [4.69, 9.17) is 11.6 Å². The highest BCUT2D eigenvalue weighted by Crippen LogP contribution is 2.21. The van der Waals surface area contributed by atoms with Crippen molar-refractivity contribution in [3.05, 3.63) is 69.7 Å². The van der Waals surface area contributed by atoms with E-state index in [9.17, 15) is 0 Å². The van der Waals surface area contributed by atoms with Crippen LogP contribution < -0.4 is 0 Å². The summed E-state index contributed by atoms with van der Waals surface area (Å²) in [4.78, 5) is 0. The Morgan fingerprint density at radius 1 is 0.952 bits per heavy atom. The number of rotatable bonds is 6. The van der Waals surface area contributed by atoms with E-state index < -0.39 is 0 Å². The average molecular weight is 366 g/mol. The molecule has 0 saturated heterocycles. The van der Waals surface area contributed by atoms with Crippen LogP contribution in [0.2, 0.25) is 0 Å². The fourth-order valence-electron chi connectivity index (χ4n) is 2.55. The molecule has 2 rings (SSSR count). The first-order chi connectivity index (χ1) is 10.1. The van der Waals surface area contributed by atoms with Gasteiger partial charge in [-0.2, -0.15) is 0 Å². The molecular weight excluding hydrogens is 344 g/mol. The zero-order valence-corrected chi connectivity index (χ0v) is 15.0. The van der Waals surface area contributed by atoms with Crippen LogP contribution in [0.1, 0.15) is 36.5 Å². The Kier molecular flexibility index (Phi) is 6.32. The van der Waals surface area contributed by atoms with E-state index in [2.05, 4.69) is 78.3 Å². The Labute approximate surface area is 141 Å². The lowest BCUT2D eigenvalue weighted by atomic mass is 9.93. The molecule has 0 aliphatic rings. The Morgan fingerprint density at radius 3 is 2.19 bits per heavy atom. The third kappa shape index (κ3) is 5.16. The number of halogens is 2. The molecule has 2 aromatic carbocycles. The van der Waals surface area contributed by atoms with Crippen molar-refractivity contribution in [1.29, 1.82) is 0 Å². The van der Waals surface area contributed by atoms with E-state index in [0.717, 1.165) is 17.3 Å². The second kappa shape index (κ2) is 8.00. The maximum atomic E-state index is 6.18. The van der Waals surface area contributed by atoms with Crippen molar-refractivity contribution in [2.24, 2.45) is 5.92 Å². The number of hydrogen-bond acceptors (Lipinski definition) is 0. The SMILES string of the molecule is CC(C)c1ccc(CC(CCl)Cc2cccc(Br)c2)cc1. The van der Waals surface area contributed by atoms with E-state index in [1.807, 2.05) is 0 Å². The first-order valence-electron chi connectivity index (χ1n) is 7.47. The van der Waals surface area contributed by atoms with Crippen molar-refractivity contribution in [2.75, 3.05) is 5.88 Å². The normalized spacial score (nSPS) is 12.6. The van der Waals surface area contributed by atoms with Gasteiger partial charge in [-0.15, -0.1) is 11.6 Å². The smallest absolute Gasteiger partial charge is 0.0258 e. The van der Waals surface area contributed by atoms with Crippen LogP contribution in [-0.2, 0) is 12.8 Å².